The molecule has 0 saturated carbocycles. The van der Waals surface area contributed by atoms with Crippen LogP contribution in [0.5, 0.6) is 0 Å². The number of rotatable bonds is 2. The summed E-state index contributed by atoms with van der Waals surface area (Å²) in [5.41, 5.74) is 3.90. The van der Waals surface area contributed by atoms with Gasteiger partial charge in [0.15, 0.2) is 5.78 Å². The van der Waals surface area contributed by atoms with Crippen LogP contribution in [0.25, 0.3) is 10.8 Å². The van der Waals surface area contributed by atoms with E-state index in [4.69, 9.17) is 4.74 Å². The molecule has 1 heterocycles. The fourth-order valence-electron chi connectivity index (χ4n) is 5.30. The number of carbonyl (C=O) groups excluding carboxylic acids is 2. The van der Waals surface area contributed by atoms with Crippen molar-refractivity contribution in [3.8, 4) is 0 Å². The average Bonchev–Trinajstić information content (AvgIpc) is 2.77. The minimum atomic E-state index is -0.536. The van der Waals surface area contributed by atoms with Crippen LogP contribution >= 0.6 is 0 Å². The summed E-state index contributed by atoms with van der Waals surface area (Å²) in [6, 6.07) is 22.5. The SMILES string of the molecule is COC(=O)[C@H]1C2=C(C(=O)CC1(C)C)[C@H](c1ccccc1)c1c(ccc3ccccc13)N2. The van der Waals surface area contributed by atoms with Gasteiger partial charge in [0.25, 0.3) is 0 Å². The molecule has 1 N–H and O–H groups in total. The number of benzene rings is 3. The van der Waals surface area contributed by atoms with Gasteiger partial charge in [0.1, 0.15) is 5.92 Å². The summed E-state index contributed by atoms with van der Waals surface area (Å²) in [5.74, 6) is -1.00. The van der Waals surface area contributed by atoms with Gasteiger partial charge in [0.05, 0.1) is 7.11 Å². The van der Waals surface area contributed by atoms with E-state index in [9.17, 15) is 9.59 Å². The predicted molar refractivity (Wildman–Crippen MR) is 122 cm³/mol. The summed E-state index contributed by atoms with van der Waals surface area (Å²) < 4.78 is 5.18. The van der Waals surface area contributed by atoms with E-state index in [0.717, 1.165) is 27.6 Å². The Morgan fingerprint density at radius 1 is 1.00 bits per heavy atom. The standard InChI is InChI=1S/C27H25NO3/c1-27(2)15-20(29)23-21(17-10-5-4-6-11-17)22-18-12-8-7-9-16(18)13-14-19(22)28-25(23)24(27)26(30)31-3/h4-14,21,24,28H,15H2,1-3H3/t21-,24-/m1/s1. The molecular formula is C27H25NO3. The first-order valence-electron chi connectivity index (χ1n) is 10.6. The molecule has 4 heteroatoms. The summed E-state index contributed by atoms with van der Waals surface area (Å²) in [6.07, 6.45) is 0.302. The van der Waals surface area contributed by atoms with Crippen molar-refractivity contribution in [2.75, 3.05) is 12.4 Å². The Kier molecular flexibility index (Phi) is 4.47. The van der Waals surface area contributed by atoms with Crippen molar-refractivity contribution in [3.63, 3.8) is 0 Å². The van der Waals surface area contributed by atoms with Crippen molar-refractivity contribution in [1.29, 1.82) is 0 Å². The Hall–Kier alpha value is -3.40. The zero-order valence-electron chi connectivity index (χ0n) is 17.9. The van der Waals surface area contributed by atoms with E-state index in [1.807, 2.05) is 44.2 Å². The van der Waals surface area contributed by atoms with Gasteiger partial charge in [-0.2, -0.15) is 0 Å². The number of anilines is 1. The molecule has 4 nitrogen and oxygen atoms in total. The number of methoxy groups -OCH3 is 1. The van der Waals surface area contributed by atoms with E-state index in [2.05, 4.69) is 41.7 Å². The second kappa shape index (κ2) is 7.09. The molecule has 1 aliphatic carbocycles. The van der Waals surface area contributed by atoms with Crippen LogP contribution in [0.2, 0.25) is 0 Å². The Morgan fingerprint density at radius 2 is 1.71 bits per heavy atom. The molecule has 3 aromatic rings. The number of hydrogen-bond donors (Lipinski definition) is 1. The Labute approximate surface area is 181 Å². The third kappa shape index (κ3) is 2.97. The number of hydrogen-bond acceptors (Lipinski definition) is 4. The lowest BCUT2D eigenvalue weighted by Gasteiger charge is -2.44. The van der Waals surface area contributed by atoms with Gasteiger partial charge in [-0.05, 0) is 33.4 Å². The van der Waals surface area contributed by atoms with Crippen LogP contribution in [0.4, 0.5) is 5.69 Å². The number of Topliss-reactive ketones (excluding diaryl/α,β-unsaturated/α-hetero) is 1. The summed E-state index contributed by atoms with van der Waals surface area (Å²) in [6.45, 7) is 3.93. The maximum absolute atomic E-state index is 13.6. The lowest BCUT2D eigenvalue weighted by Crippen LogP contribution is -2.44. The van der Waals surface area contributed by atoms with E-state index in [-0.39, 0.29) is 17.7 Å². The van der Waals surface area contributed by atoms with Crippen LogP contribution < -0.4 is 5.32 Å². The van der Waals surface area contributed by atoms with Crippen LogP contribution in [0.1, 0.15) is 37.3 Å². The molecule has 0 aromatic heterocycles. The monoisotopic (exact) mass is 411 g/mol. The number of carbonyl (C=O) groups is 2. The molecule has 0 saturated heterocycles. The Bertz CT molecular complexity index is 1240. The maximum atomic E-state index is 13.6. The van der Waals surface area contributed by atoms with Crippen molar-refractivity contribution in [2.24, 2.45) is 11.3 Å². The van der Waals surface area contributed by atoms with Crippen LogP contribution in [-0.4, -0.2) is 18.9 Å². The molecule has 5 rings (SSSR count). The molecule has 1 aliphatic heterocycles. The van der Waals surface area contributed by atoms with Crippen LogP contribution in [-0.2, 0) is 14.3 Å². The Balaban J connectivity index is 1.85. The lowest BCUT2D eigenvalue weighted by atomic mass is 9.63. The lowest BCUT2D eigenvalue weighted by molar-refractivity contribution is -0.148. The number of allylic oxidation sites excluding steroid dienone is 1. The minimum absolute atomic E-state index is 0.0834. The molecule has 2 atom stereocenters. The molecule has 2 aliphatic rings. The van der Waals surface area contributed by atoms with Crippen molar-refractivity contribution in [1.82, 2.24) is 0 Å². The molecule has 0 spiro atoms. The third-order valence-electron chi connectivity index (χ3n) is 6.66. The first-order valence-corrected chi connectivity index (χ1v) is 10.6. The van der Waals surface area contributed by atoms with Gasteiger partial charge in [-0.25, -0.2) is 0 Å². The normalized spacial score (nSPS) is 21.8. The topological polar surface area (TPSA) is 55.4 Å². The van der Waals surface area contributed by atoms with Gasteiger partial charge >= 0.3 is 5.97 Å². The number of ether oxygens (including phenoxy) is 1. The summed E-state index contributed by atoms with van der Waals surface area (Å²) in [4.78, 5) is 26.5. The number of ketones is 1. The van der Waals surface area contributed by atoms with Gasteiger partial charge < -0.3 is 10.1 Å². The van der Waals surface area contributed by atoms with Gasteiger partial charge in [-0.1, -0.05) is 74.5 Å². The molecule has 0 unspecified atom stereocenters. The average molecular weight is 412 g/mol. The number of nitrogens with one attached hydrogen (secondary N) is 1. The van der Waals surface area contributed by atoms with Crippen molar-refractivity contribution in [2.45, 2.75) is 26.2 Å². The summed E-state index contributed by atoms with van der Waals surface area (Å²) in [7, 11) is 1.41. The minimum Gasteiger partial charge on any atom is -0.468 e. The predicted octanol–water partition coefficient (Wildman–Crippen LogP) is 5.44. The van der Waals surface area contributed by atoms with E-state index in [0.29, 0.717) is 17.7 Å². The molecule has 0 bridgehead atoms. The maximum Gasteiger partial charge on any atom is 0.315 e. The first kappa shape index (κ1) is 19.6. The highest BCUT2D eigenvalue weighted by Crippen LogP contribution is 2.53. The van der Waals surface area contributed by atoms with E-state index >= 15 is 0 Å². The van der Waals surface area contributed by atoms with E-state index in [1.54, 1.807) is 0 Å². The molecule has 0 fully saturated rings. The smallest absolute Gasteiger partial charge is 0.315 e. The second-order valence-electron chi connectivity index (χ2n) is 9.09. The van der Waals surface area contributed by atoms with Crippen LogP contribution in [0.15, 0.2) is 78.0 Å². The third-order valence-corrected chi connectivity index (χ3v) is 6.66. The molecule has 3 aromatic carbocycles. The van der Waals surface area contributed by atoms with E-state index < -0.39 is 11.3 Å². The van der Waals surface area contributed by atoms with Crippen molar-refractivity contribution < 1.29 is 14.3 Å². The van der Waals surface area contributed by atoms with Crippen molar-refractivity contribution in [3.05, 3.63) is 89.1 Å². The fourth-order valence-corrected chi connectivity index (χ4v) is 5.30. The van der Waals surface area contributed by atoms with Crippen LogP contribution in [0, 0.1) is 11.3 Å². The van der Waals surface area contributed by atoms with Gasteiger partial charge in [0, 0.05) is 29.3 Å². The quantitative estimate of drug-likeness (QED) is 0.571. The van der Waals surface area contributed by atoms with Gasteiger partial charge in [-0.3, -0.25) is 9.59 Å². The zero-order chi connectivity index (χ0) is 21.8. The molecule has 0 radical (unpaired) electrons. The molecule has 0 amide bonds. The summed E-state index contributed by atoms with van der Waals surface area (Å²) in [5, 5.41) is 5.74. The largest absolute Gasteiger partial charge is 0.468 e. The second-order valence-corrected chi connectivity index (χ2v) is 9.09. The van der Waals surface area contributed by atoms with Gasteiger partial charge in [0.2, 0.25) is 0 Å². The highest BCUT2D eigenvalue weighted by molar-refractivity contribution is 6.06. The highest BCUT2D eigenvalue weighted by Gasteiger charge is 2.50. The number of esters is 1. The zero-order valence-corrected chi connectivity index (χ0v) is 17.9. The van der Waals surface area contributed by atoms with Crippen molar-refractivity contribution >= 4 is 28.2 Å². The molecular weight excluding hydrogens is 386 g/mol. The van der Waals surface area contributed by atoms with Crippen LogP contribution in [0.3, 0.4) is 0 Å². The molecule has 156 valence electrons. The Morgan fingerprint density at radius 3 is 2.45 bits per heavy atom. The summed E-state index contributed by atoms with van der Waals surface area (Å²) >= 11 is 0. The number of fused-ring (bicyclic) bond motifs is 3. The highest BCUT2D eigenvalue weighted by atomic mass is 16.5. The first-order chi connectivity index (χ1) is 14.9. The fraction of sp³-hybridized carbons (Fsp3) is 0.259. The van der Waals surface area contributed by atoms with Gasteiger partial charge in [-0.15, -0.1) is 0 Å². The van der Waals surface area contributed by atoms with E-state index in [1.165, 1.54) is 7.11 Å². The molecule has 31 heavy (non-hydrogen) atoms.